The number of aryl methyl sites for hydroxylation is 2. The highest BCUT2D eigenvalue weighted by Gasteiger charge is 2.34. The third-order valence-electron chi connectivity index (χ3n) is 6.64. The lowest BCUT2D eigenvalue weighted by Crippen LogP contribution is -2.47. The van der Waals surface area contributed by atoms with Crippen LogP contribution in [0.1, 0.15) is 56.6 Å². The Bertz CT molecular complexity index is 628. The zero-order chi connectivity index (χ0) is 17.2. The zero-order valence-electron chi connectivity index (χ0n) is 16.1. The van der Waals surface area contributed by atoms with Crippen molar-refractivity contribution in [3.05, 3.63) is 11.6 Å². The van der Waals surface area contributed by atoms with Crippen LogP contribution in [-0.2, 0) is 13.0 Å². The standard InChI is InChI=1S/C19H32N6.HI/c1-13-23-24-18-9-6-14(12-25(13)18)11-21-19(20-2)22-17-8-7-15-4-3-5-16(15)10-17;/h14-17H,3-12H2,1-2H3,(H2,20,21,22);1H. The van der Waals surface area contributed by atoms with Gasteiger partial charge in [0.1, 0.15) is 11.6 Å². The van der Waals surface area contributed by atoms with Crippen molar-refractivity contribution in [2.24, 2.45) is 22.7 Å². The van der Waals surface area contributed by atoms with E-state index in [0.717, 1.165) is 49.0 Å². The number of nitrogens with one attached hydrogen (secondary N) is 2. The van der Waals surface area contributed by atoms with E-state index in [-0.39, 0.29) is 24.0 Å². The number of halogens is 1. The molecular weight excluding hydrogens is 439 g/mol. The summed E-state index contributed by atoms with van der Waals surface area (Å²) in [5.41, 5.74) is 0. The van der Waals surface area contributed by atoms with Crippen LogP contribution in [-0.4, -0.2) is 40.4 Å². The second-order valence-electron chi connectivity index (χ2n) is 8.24. The fourth-order valence-corrected chi connectivity index (χ4v) is 5.16. The van der Waals surface area contributed by atoms with Crippen LogP contribution in [0.25, 0.3) is 0 Å². The van der Waals surface area contributed by atoms with E-state index in [1.54, 1.807) is 0 Å². The lowest BCUT2D eigenvalue weighted by Gasteiger charge is -2.33. The minimum absolute atomic E-state index is 0. The number of aliphatic imine (C=N–C) groups is 1. The van der Waals surface area contributed by atoms with Crippen molar-refractivity contribution in [3.63, 3.8) is 0 Å². The molecule has 7 heteroatoms. The third kappa shape index (κ3) is 4.34. The van der Waals surface area contributed by atoms with E-state index in [9.17, 15) is 0 Å². The van der Waals surface area contributed by atoms with Crippen LogP contribution >= 0.6 is 24.0 Å². The van der Waals surface area contributed by atoms with E-state index in [2.05, 4.69) is 30.4 Å². The SMILES string of the molecule is CN=C(NCC1CCc2nnc(C)n2C1)NC1CCC2CCCC2C1.I. The molecule has 0 saturated heterocycles. The molecule has 26 heavy (non-hydrogen) atoms. The highest BCUT2D eigenvalue weighted by atomic mass is 127. The van der Waals surface area contributed by atoms with Crippen molar-refractivity contribution in [2.75, 3.05) is 13.6 Å². The fraction of sp³-hybridized carbons (Fsp3) is 0.842. The van der Waals surface area contributed by atoms with E-state index in [1.807, 2.05) is 14.0 Å². The quantitative estimate of drug-likeness (QED) is 0.404. The molecule has 4 unspecified atom stereocenters. The zero-order valence-corrected chi connectivity index (χ0v) is 18.4. The molecule has 0 amide bonds. The maximum atomic E-state index is 4.47. The summed E-state index contributed by atoms with van der Waals surface area (Å²) in [4.78, 5) is 4.47. The topological polar surface area (TPSA) is 67.1 Å². The molecule has 2 heterocycles. The lowest BCUT2D eigenvalue weighted by atomic mass is 9.79. The molecule has 0 aromatic carbocycles. The summed E-state index contributed by atoms with van der Waals surface area (Å²) in [5, 5.41) is 15.7. The van der Waals surface area contributed by atoms with Gasteiger partial charge < -0.3 is 15.2 Å². The van der Waals surface area contributed by atoms with Gasteiger partial charge in [0.2, 0.25) is 0 Å². The van der Waals surface area contributed by atoms with Gasteiger partial charge in [-0.25, -0.2) is 0 Å². The Kier molecular flexibility index (Phi) is 6.80. The molecular formula is C19H33IN6. The van der Waals surface area contributed by atoms with E-state index in [4.69, 9.17) is 0 Å². The van der Waals surface area contributed by atoms with Crippen LogP contribution in [0.3, 0.4) is 0 Å². The van der Waals surface area contributed by atoms with E-state index >= 15 is 0 Å². The largest absolute Gasteiger partial charge is 0.356 e. The number of guanidine groups is 1. The Morgan fingerprint density at radius 3 is 2.85 bits per heavy atom. The molecule has 2 saturated carbocycles. The van der Waals surface area contributed by atoms with Crippen molar-refractivity contribution in [1.82, 2.24) is 25.4 Å². The first-order valence-electron chi connectivity index (χ1n) is 10.1. The predicted octanol–water partition coefficient (Wildman–Crippen LogP) is 2.90. The number of aromatic nitrogens is 3. The minimum Gasteiger partial charge on any atom is -0.356 e. The summed E-state index contributed by atoms with van der Waals surface area (Å²) < 4.78 is 2.27. The van der Waals surface area contributed by atoms with Gasteiger partial charge in [-0.3, -0.25) is 4.99 Å². The lowest BCUT2D eigenvalue weighted by molar-refractivity contribution is 0.239. The highest BCUT2D eigenvalue weighted by molar-refractivity contribution is 14.0. The molecule has 0 radical (unpaired) electrons. The van der Waals surface area contributed by atoms with Crippen molar-refractivity contribution in [2.45, 2.75) is 70.9 Å². The first-order valence-corrected chi connectivity index (χ1v) is 10.1. The van der Waals surface area contributed by atoms with Gasteiger partial charge in [-0.15, -0.1) is 34.2 Å². The summed E-state index contributed by atoms with van der Waals surface area (Å²) in [6.07, 6.45) is 10.6. The highest BCUT2D eigenvalue weighted by Crippen LogP contribution is 2.42. The first-order chi connectivity index (χ1) is 12.2. The molecule has 1 aliphatic heterocycles. The van der Waals surface area contributed by atoms with E-state index in [0.29, 0.717) is 12.0 Å². The van der Waals surface area contributed by atoms with Crippen LogP contribution < -0.4 is 10.6 Å². The molecule has 0 spiro atoms. The van der Waals surface area contributed by atoms with Crippen molar-refractivity contribution >= 4 is 29.9 Å². The molecule has 1 aromatic rings. The van der Waals surface area contributed by atoms with Gasteiger partial charge in [-0.05, 0) is 50.4 Å². The summed E-state index contributed by atoms with van der Waals surface area (Å²) in [7, 11) is 1.89. The molecule has 3 aliphatic rings. The second-order valence-corrected chi connectivity index (χ2v) is 8.24. The average molecular weight is 472 g/mol. The van der Waals surface area contributed by atoms with Crippen molar-refractivity contribution in [1.29, 1.82) is 0 Å². The second kappa shape index (κ2) is 8.89. The maximum Gasteiger partial charge on any atom is 0.191 e. The van der Waals surface area contributed by atoms with Crippen LogP contribution in [0, 0.1) is 24.7 Å². The average Bonchev–Trinajstić information content (AvgIpc) is 3.25. The van der Waals surface area contributed by atoms with Gasteiger partial charge in [-0.2, -0.15) is 0 Å². The Labute approximate surface area is 174 Å². The normalized spacial score (nSPS) is 30.9. The monoisotopic (exact) mass is 472 g/mol. The summed E-state index contributed by atoms with van der Waals surface area (Å²) in [6.45, 7) is 4.03. The Morgan fingerprint density at radius 2 is 2.00 bits per heavy atom. The van der Waals surface area contributed by atoms with Gasteiger partial charge in [-0.1, -0.05) is 19.3 Å². The van der Waals surface area contributed by atoms with Crippen molar-refractivity contribution < 1.29 is 0 Å². The number of fused-ring (bicyclic) bond motifs is 2. The van der Waals surface area contributed by atoms with Gasteiger partial charge in [0.05, 0.1) is 0 Å². The Hall–Kier alpha value is -0.860. The minimum atomic E-state index is 0. The number of rotatable bonds is 3. The molecule has 4 atom stereocenters. The first kappa shape index (κ1) is 19.9. The van der Waals surface area contributed by atoms with E-state index < -0.39 is 0 Å². The smallest absolute Gasteiger partial charge is 0.191 e. The fourth-order valence-electron chi connectivity index (χ4n) is 5.16. The molecule has 0 bridgehead atoms. The molecule has 146 valence electrons. The van der Waals surface area contributed by atoms with Gasteiger partial charge >= 0.3 is 0 Å². The maximum absolute atomic E-state index is 4.47. The molecule has 4 rings (SSSR count). The van der Waals surface area contributed by atoms with Crippen molar-refractivity contribution in [3.8, 4) is 0 Å². The predicted molar refractivity (Wildman–Crippen MR) is 115 cm³/mol. The summed E-state index contributed by atoms with van der Waals surface area (Å²) >= 11 is 0. The summed E-state index contributed by atoms with van der Waals surface area (Å²) in [6, 6.07) is 0.601. The van der Waals surface area contributed by atoms with Crippen LogP contribution in [0.4, 0.5) is 0 Å². The number of hydrogen-bond acceptors (Lipinski definition) is 3. The molecule has 1 aromatic heterocycles. The van der Waals surface area contributed by atoms with Gasteiger partial charge in [0.15, 0.2) is 5.96 Å². The third-order valence-corrected chi connectivity index (χ3v) is 6.64. The molecule has 2 fully saturated rings. The Morgan fingerprint density at radius 1 is 1.15 bits per heavy atom. The summed E-state index contributed by atoms with van der Waals surface area (Å²) in [5.74, 6) is 5.74. The molecule has 2 N–H and O–H groups in total. The van der Waals surface area contributed by atoms with E-state index in [1.165, 1.54) is 44.9 Å². The van der Waals surface area contributed by atoms with Gasteiger partial charge in [0, 0.05) is 32.6 Å². The molecule has 6 nitrogen and oxygen atoms in total. The van der Waals surface area contributed by atoms with Crippen LogP contribution in [0.15, 0.2) is 4.99 Å². The van der Waals surface area contributed by atoms with Gasteiger partial charge in [0.25, 0.3) is 0 Å². The Balaban J connectivity index is 0.00000196. The van der Waals surface area contributed by atoms with Crippen LogP contribution in [0.5, 0.6) is 0 Å². The van der Waals surface area contributed by atoms with Crippen LogP contribution in [0.2, 0.25) is 0 Å². The number of nitrogens with zero attached hydrogens (tertiary/aromatic N) is 4. The molecule has 2 aliphatic carbocycles. The number of hydrogen-bond donors (Lipinski definition) is 2.